The highest BCUT2D eigenvalue weighted by molar-refractivity contribution is 8.26. The molecule has 2 aromatic rings. The van der Waals surface area contributed by atoms with Crippen LogP contribution in [0.5, 0.6) is 11.5 Å². The molecule has 1 aliphatic rings. The van der Waals surface area contributed by atoms with Crippen molar-refractivity contribution in [3.05, 3.63) is 62.0 Å². The van der Waals surface area contributed by atoms with E-state index >= 15 is 0 Å². The summed E-state index contributed by atoms with van der Waals surface area (Å²) in [4.78, 5) is 12.4. The minimum atomic E-state index is -0.255. The van der Waals surface area contributed by atoms with Crippen molar-refractivity contribution in [2.45, 2.75) is 13.8 Å². The Labute approximate surface area is 183 Å². The van der Waals surface area contributed by atoms with Crippen molar-refractivity contribution in [3.8, 4) is 11.5 Å². The SMILES string of the molecule is Cc1ccc(OCCOc2c(Cl)cc(Cl)cc2C=C2SC(=S)NC2=O)cc1C. The van der Waals surface area contributed by atoms with E-state index in [9.17, 15) is 4.79 Å². The molecule has 1 fully saturated rings. The Balaban J connectivity index is 1.71. The molecular weight excluding hydrogens is 437 g/mol. The summed E-state index contributed by atoms with van der Waals surface area (Å²) in [5, 5.41) is 3.38. The molecule has 0 radical (unpaired) electrons. The van der Waals surface area contributed by atoms with E-state index < -0.39 is 0 Å². The lowest BCUT2D eigenvalue weighted by Gasteiger charge is -2.13. The van der Waals surface area contributed by atoms with Gasteiger partial charge in [-0.2, -0.15) is 0 Å². The third kappa shape index (κ3) is 5.20. The van der Waals surface area contributed by atoms with Gasteiger partial charge in [0.2, 0.25) is 0 Å². The Morgan fingerprint density at radius 1 is 1.11 bits per heavy atom. The molecule has 0 saturated carbocycles. The second-order valence-electron chi connectivity index (χ2n) is 6.10. The summed E-state index contributed by atoms with van der Waals surface area (Å²) >= 11 is 18.6. The number of aryl methyl sites for hydroxylation is 2. The van der Waals surface area contributed by atoms with Gasteiger partial charge in [-0.25, -0.2) is 0 Å². The third-order valence-corrected chi connectivity index (χ3v) is 5.70. The molecule has 0 unspecified atom stereocenters. The van der Waals surface area contributed by atoms with Crippen LogP contribution >= 0.6 is 47.2 Å². The molecule has 8 heteroatoms. The standard InChI is InChI=1S/C20H17Cl2NO3S2/c1-11-3-4-15(7-12(11)2)25-5-6-26-18-13(8-14(21)10-16(18)22)9-17-19(24)23-20(27)28-17/h3-4,7-10H,5-6H2,1-2H3,(H,23,24,27). The number of benzene rings is 2. The van der Waals surface area contributed by atoms with Crippen molar-refractivity contribution >= 4 is 63.5 Å². The predicted molar refractivity (Wildman–Crippen MR) is 120 cm³/mol. The van der Waals surface area contributed by atoms with Crippen LogP contribution in [0.15, 0.2) is 35.2 Å². The van der Waals surface area contributed by atoms with Crippen LogP contribution in [0.3, 0.4) is 0 Å². The fraction of sp³-hybridized carbons (Fsp3) is 0.200. The second kappa shape index (κ2) is 9.18. The molecule has 1 saturated heterocycles. The van der Waals surface area contributed by atoms with Crippen molar-refractivity contribution in [1.82, 2.24) is 5.32 Å². The van der Waals surface area contributed by atoms with Crippen LogP contribution in [0.25, 0.3) is 6.08 Å². The van der Waals surface area contributed by atoms with Gasteiger partial charge in [0.25, 0.3) is 5.91 Å². The van der Waals surface area contributed by atoms with Crippen LogP contribution in [0.4, 0.5) is 0 Å². The van der Waals surface area contributed by atoms with E-state index in [1.54, 1.807) is 18.2 Å². The number of thiocarbonyl (C=S) groups is 1. The van der Waals surface area contributed by atoms with Crippen LogP contribution in [0.2, 0.25) is 10.0 Å². The summed E-state index contributed by atoms with van der Waals surface area (Å²) in [5.74, 6) is 0.965. The van der Waals surface area contributed by atoms with Gasteiger partial charge in [0.05, 0.1) is 9.93 Å². The first-order chi connectivity index (χ1) is 13.3. The van der Waals surface area contributed by atoms with Crippen LogP contribution in [-0.4, -0.2) is 23.4 Å². The molecule has 4 nitrogen and oxygen atoms in total. The summed E-state index contributed by atoms with van der Waals surface area (Å²) in [6.07, 6.45) is 1.66. The lowest BCUT2D eigenvalue weighted by Crippen LogP contribution is -2.17. The summed E-state index contributed by atoms with van der Waals surface area (Å²) in [5.41, 5.74) is 2.98. The van der Waals surface area contributed by atoms with Crippen LogP contribution in [0, 0.1) is 13.8 Å². The van der Waals surface area contributed by atoms with Gasteiger partial charge >= 0.3 is 0 Å². The minimum Gasteiger partial charge on any atom is -0.490 e. The Bertz CT molecular complexity index is 976. The number of nitrogens with one attached hydrogen (secondary N) is 1. The lowest BCUT2D eigenvalue weighted by molar-refractivity contribution is -0.115. The molecule has 1 aliphatic heterocycles. The number of hydrogen-bond acceptors (Lipinski definition) is 5. The number of ether oxygens (including phenoxy) is 2. The van der Waals surface area contributed by atoms with Crippen LogP contribution in [0.1, 0.15) is 16.7 Å². The third-order valence-electron chi connectivity index (χ3n) is 4.04. The fourth-order valence-corrected chi connectivity index (χ4v) is 4.11. The largest absolute Gasteiger partial charge is 0.490 e. The highest BCUT2D eigenvalue weighted by Crippen LogP contribution is 2.36. The quantitative estimate of drug-likeness (QED) is 0.352. The smallest absolute Gasteiger partial charge is 0.263 e. The zero-order valence-electron chi connectivity index (χ0n) is 15.2. The van der Waals surface area contributed by atoms with Crippen molar-refractivity contribution < 1.29 is 14.3 Å². The van der Waals surface area contributed by atoms with Crippen molar-refractivity contribution in [2.24, 2.45) is 0 Å². The molecule has 1 amide bonds. The van der Waals surface area contributed by atoms with Crippen molar-refractivity contribution in [1.29, 1.82) is 0 Å². The summed E-state index contributed by atoms with van der Waals surface area (Å²) < 4.78 is 12.0. The minimum absolute atomic E-state index is 0.255. The van der Waals surface area contributed by atoms with Gasteiger partial charge < -0.3 is 14.8 Å². The van der Waals surface area contributed by atoms with Gasteiger partial charge in [0, 0.05) is 10.6 Å². The molecule has 0 bridgehead atoms. The zero-order valence-corrected chi connectivity index (χ0v) is 18.3. The highest BCUT2D eigenvalue weighted by atomic mass is 35.5. The summed E-state index contributed by atoms with van der Waals surface area (Å²) in [6.45, 7) is 4.71. The van der Waals surface area contributed by atoms with Crippen molar-refractivity contribution in [2.75, 3.05) is 13.2 Å². The summed E-state index contributed by atoms with van der Waals surface area (Å²) in [6, 6.07) is 9.21. The molecule has 0 atom stereocenters. The van der Waals surface area contributed by atoms with Gasteiger partial charge in [0.15, 0.2) is 0 Å². The highest BCUT2D eigenvalue weighted by Gasteiger charge is 2.23. The Hall–Kier alpha value is -1.73. The number of rotatable bonds is 6. The molecule has 1 N–H and O–H groups in total. The Kier molecular flexibility index (Phi) is 6.88. The summed E-state index contributed by atoms with van der Waals surface area (Å²) in [7, 11) is 0. The van der Waals surface area contributed by atoms with Crippen LogP contribution in [-0.2, 0) is 4.79 Å². The predicted octanol–water partition coefficient (Wildman–Crippen LogP) is 5.56. The van der Waals surface area contributed by atoms with E-state index in [1.807, 2.05) is 25.1 Å². The molecule has 1 heterocycles. The molecule has 28 heavy (non-hydrogen) atoms. The lowest BCUT2D eigenvalue weighted by atomic mass is 10.1. The maximum Gasteiger partial charge on any atom is 0.263 e. The zero-order chi connectivity index (χ0) is 20.3. The van der Waals surface area contributed by atoms with E-state index in [4.69, 9.17) is 44.9 Å². The number of thioether (sulfide) groups is 1. The van der Waals surface area contributed by atoms with Gasteiger partial charge in [-0.05, 0) is 55.3 Å². The maximum absolute atomic E-state index is 11.9. The van der Waals surface area contributed by atoms with E-state index in [0.717, 1.165) is 5.75 Å². The number of halogens is 2. The number of carbonyl (C=O) groups is 1. The molecule has 2 aromatic carbocycles. The monoisotopic (exact) mass is 453 g/mol. The van der Waals surface area contributed by atoms with E-state index in [0.29, 0.717) is 37.2 Å². The second-order valence-corrected chi connectivity index (χ2v) is 8.66. The first kappa shape index (κ1) is 21.0. The van der Waals surface area contributed by atoms with Gasteiger partial charge in [0.1, 0.15) is 29.0 Å². The van der Waals surface area contributed by atoms with E-state index in [1.165, 1.54) is 22.9 Å². The first-order valence-corrected chi connectivity index (χ1v) is 10.4. The molecule has 3 rings (SSSR count). The average molecular weight is 454 g/mol. The first-order valence-electron chi connectivity index (χ1n) is 8.40. The van der Waals surface area contributed by atoms with E-state index in [-0.39, 0.29) is 12.5 Å². The number of amides is 1. The number of hydrogen-bond donors (Lipinski definition) is 1. The molecule has 0 spiro atoms. The average Bonchev–Trinajstić information content (AvgIpc) is 2.93. The molecule has 146 valence electrons. The topological polar surface area (TPSA) is 47.6 Å². The molecular formula is C20H17Cl2NO3S2. The normalized spacial score (nSPS) is 15.1. The Morgan fingerprint density at radius 2 is 1.86 bits per heavy atom. The van der Waals surface area contributed by atoms with Gasteiger partial charge in [-0.15, -0.1) is 0 Å². The maximum atomic E-state index is 11.9. The molecule has 0 aromatic heterocycles. The van der Waals surface area contributed by atoms with Crippen molar-refractivity contribution in [3.63, 3.8) is 0 Å². The van der Waals surface area contributed by atoms with Gasteiger partial charge in [-0.3, -0.25) is 4.79 Å². The molecule has 0 aliphatic carbocycles. The number of carbonyl (C=O) groups excluding carboxylic acids is 1. The van der Waals surface area contributed by atoms with E-state index in [2.05, 4.69) is 12.2 Å². The fourth-order valence-electron chi connectivity index (χ4n) is 2.51. The Morgan fingerprint density at radius 3 is 2.54 bits per heavy atom. The van der Waals surface area contributed by atoms with Gasteiger partial charge in [-0.1, -0.05) is 53.2 Å². The van der Waals surface area contributed by atoms with Crippen LogP contribution < -0.4 is 14.8 Å².